The quantitative estimate of drug-likeness (QED) is 0.0813. The van der Waals surface area contributed by atoms with Gasteiger partial charge in [-0.2, -0.15) is 0 Å². The van der Waals surface area contributed by atoms with E-state index in [9.17, 15) is 41.8 Å². The number of hydrogen-bond donors (Lipinski definition) is 4. The standard InChI is InChI=1S/C30H36F4N2O8/c1-6-14(2)26-30(42)43-17(5)24(36-27(39)15(3)10-8-7-9-11-37)28(40)35-20(25(38)16(4)29(41)44-26)13-18-12-19(31)22(33)23(34)21(18)32/h7-10,12,14,16-17,20,24-26,37-38H,3,6,11,13H2,1-2,4-5H3,(H,35,40)(H,36,39)/b9-7-,10-8-/t14?,16-,17-,20+,24+,25+,26?/m1/s1. The van der Waals surface area contributed by atoms with Crippen LogP contribution in [0.25, 0.3) is 0 Å². The predicted molar refractivity (Wildman–Crippen MR) is 148 cm³/mol. The molecule has 1 aromatic rings. The first kappa shape index (κ1) is 36.2. The third-order valence-electron chi connectivity index (χ3n) is 7.16. The summed E-state index contributed by atoms with van der Waals surface area (Å²) in [4.78, 5) is 52.5. The Kier molecular flexibility index (Phi) is 13.3. The average molecular weight is 629 g/mol. The molecule has 2 amide bonds. The van der Waals surface area contributed by atoms with Gasteiger partial charge in [0, 0.05) is 11.5 Å². The van der Waals surface area contributed by atoms with E-state index in [0.717, 1.165) is 0 Å². The van der Waals surface area contributed by atoms with Crippen molar-refractivity contribution in [1.82, 2.24) is 10.6 Å². The van der Waals surface area contributed by atoms with Crippen LogP contribution >= 0.6 is 0 Å². The van der Waals surface area contributed by atoms with Gasteiger partial charge in [-0.3, -0.25) is 14.4 Å². The zero-order valence-electron chi connectivity index (χ0n) is 24.6. The van der Waals surface area contributed by atoms with Crippen LogP contribution in [0.5, 0.6) is 0 Å². The molecule has 0 bridgehead atoms. The summed E-state index contributed by atoms with van der Waals surface area (Å²) in [5.41, 5.74) is -0.925. The second-order valence-electron chi connectivity index (χ2n) is 10.4. The van der Waals surface area contributed by atoms with Gasteiger partial charge < -0.3 is 30.3 Å². The maximum atomic E-state index is 14.6. The summed E-state index contributed by atoms with van der Waals surface area (Å²) in [6.07, 6.45) is 0.173. The largest absolute Gasteiger partial charge is 0.457 e. The van der Waals surface area contributed by atoms with Crippen molar-refractivity contribution in [3.05, 3.63) is 71.4 Å². The summed E-state index contributed by atoms with van der Waals surface area (Å²) in [6, 6.07) is -2.98. The topological polar surface area (TPSA) is 151 Å². The monoisotopic (exact) mass is 628 g/mol. The fourth-order valence-corrected chi connectivity index (χ4v) is 4.20. The van der Waals surface area contributed by atoms with Crippen LogP contribution in [0.1, 0.15) is 39.7 Å². The smallest absolute Gasteiger partial charge is 0.348 e. The van der Waals surface area contributed by atoms with E-state index in [-0.39, 0.29) is 12.2 Å². The molecule has 10 nitrogen and oxygen atoms in total. The van der Waals surface area contributed by atoms with Crippen LogP contribution < -0.4 is 10.6 Å². The van der Waals surface area contributed by atoms with Crippen LogP contribution in [0.4, 0.5) is 17.6 Å². The van der Waals surface area contributed by atoms with Crippen LogP contribution in [-0.4, -0.2) is 71.0 Å². The second kappa shape index (κ2) is 16.1. The molecule has 2 unspecified atom stereocenters. The molecule has 14 heteroatoms. The van der Waals surface area contributed by atoms with Gasteiger partial charge >= 0.3 is 11.9 Å². The molecule has 1 aliphatic heterocycles. The Balaban J connectivity index is 2.57. The third kappa shape index (κ3) is 8.99. The van der Waals surface area contributed by atoms with Crippen molar-refractivity contribution in [2.75, 3.05) is 6.61 Å². The number of benzene rings is 1. The zero-order valence-corrected chi connectivity index (χ0v) is 24.6. The van der Waals surface area contributed by atoms with Crippen molar-refractivity contribution in [2.24, 2.45) is 11.8 Å². The molecular formula is C30H36F4N2O8. The molecule has 44 heavy (non-hydrogen) atoms. The molecule has 0 spiro atoms. The summed E-state index contributed by atoms with van der Waals surface area (Å²) in [5, 5.41) is 24.6. The average Bonchev–Trinajstić information content (AvgIpc) is 2.99. The Bertz CT molecular complexity index is 1320. The van der Waals surface area contributed by atoms with Crippen LogP contribution in [0.2, 0.25) is 0 Å². The normalized spacial score (nSPS) is 25.9. The van der Waals surface area contributed by atoms with Crippen LogP contribution in [-0.2, 0) is 35.1 Å². The summed E-state index contributed by atoms with van der Waals surface area (Å²) in [5.74, 6) is -13.9. The number of rotatable bonds is 9. The number of nitrogens with one attached hydrogen (secondary N) is 2. The van der Waals surface area contributed by atoms with Gasteiger partial charge in [0.05, 0.1) is 24.7 Å². The number of aliphatic hydroxyl groups excluding tert-OH is 2. The molecule has 4 N–H and O–H groups in total. The molecule has 1 aliphatic rings. The van der Waals surface area contributed by atoms with Crippen molar-refractivity contribution in [2.45, 2.75) is 70.9 Å². The Hall–Kier alpha value is -4.04. The van der Waals surface area contributed by atoms with E-state index in [0.29, 0.717) is 12.5 Å². The van der Waals surface area contributed by atoms with Gasteiger partial charge in [0.25, 0.3) is 5.91 Å². The SMILES string of the molecule is C=C(/C=C\C=C/CO)C(=O)N[C@@H]1C(=O)N[C@@H](Cc2cc(F)c(F)c(F)c2F)[C@@H](O)[C@@H](C)C(=O)OC(C(C)CC)C(=O)O[C@@H]1C. The number of cyclic esters (lactones) is 2. The number of ether oxygens (including phenoxy) is 2. The summed E-state index contributed by atoms with van der Waals surface area (Å²) < 4.78 is 66.9. The minimum atomic E-state index is -2.12. The van der Waals surface area contributed by atoms with Crippen LogP contribution in [0, 0.1) is 35.1 Å². The number of halogens is 4. The molecule has 1 saturated heterocycles. The van der Waals surface area contributed by atoms with Gasteiger partial charge in [0.2, 0.25) is 12.0 Å². The van der Waals surface area contributed by atoms with Gasteiger partial charge in [0.15, 0.2) is 23.3 Å². The molecule has 0 aromatic heterocycles. The van der Waals surface area contributed by atoms with Crippen LogP contribution in [0.3, 0.4) is 0 Å². The Morgan fingerprint density at radius 1 is 1.09 bits per heavy atom. The van der Waals surface area contributed by atoms with E-state index < -0.39 is 101 Å². The van der Waals surface area contributed by atoms with Gasteiger partial charge in [-0.05, 0) is 38.3 Å². The predicted octanol–water partition coefficient (Wildman–Crippen LogP) is 2.32. The van der Waals surface area contributed by atoms with Gasteiger partial charge in [-0.15, -0.1) is 0 Å². The lowest BCUT2D eigenvalue weighted by Gasteiger charge is -2.34. The summed E-state index contributed by atoms with van der Waals surface area (Å²) in [7, 11) is 0. The lowest BCUT2D eigenvalue weighted by molar-refractivity contribution is -0.181. The van der Waals surface area contributed by atoms with Crippen LogP contribution in [0.15, 0.2) is 42.5 Å². The number of hydrogen-bond acceptors (Lipinski definition) is 8. The first-order valence-corrected chi connectivity index (χ1v) is 13.8. The molecule has 0 radical (unpaired) electrons. The Morgan fingerprint density at radius 3 is 2.36 bits per heavy atom. The van der Waals surface area contributed by atoms with E-state index in [2.05, 4.69) is 17.2 Å². The number of aliphatic hydroxyl groups is 2. The zero-order chi connectivity index (χ0) is 33.3. The maximum absolute atomic E-state index is 14.6. The van der Waals surface area contributed by atoms with Crippen molar-refractivity contribution in [1.29, 1.82) is 0 Å². The Morgan fingerprint density at radius 2 is 1.75 bits per heavy atom. The number of amides is 2. The molecular weight excluding hydrogens is 592 g/mol. The van der Waals surface area contributed by atoms with Crippen molar-refractivity contribution < 1.29 is 56.4 Å². The number of carbonyl (C=O) groups is 4. The lowest BCUT2D eigenvalue weighted by atomic mass is 9.91. The summed E-state index contributed by atoms with van der Waals surface area (Å²) >= 11 is 0. The van der Waals surface area contributed by atoms with Crippen molar-refractivity contribution in [3.8, 4) is 0 Å². The van der Waals surface area contributed by atoms with Gasteiger partial charge in [-0.1, -0.05) is 44.7 Å². The highest BCUT2D eigenvalue weighted by molar-refractivity contribution is 5.99. The van der Waals surface area contributed by atoms with E-state index in [1.807, 2.05) is 0 Å². The highest BCUT2D eigenvalue weighted by Gasteiger charge is 2.41. The molecule has 1 aromatic carbocycles. The number of carbonyl (C=O) groups excluding carboxylic acids is 4. The van der Waals surface area contributed by atoms with Crippen molar-refractivity contribution >= 4 is 23.8 Å². The fourth-order valence-electron chi connectivity index (χ4n) is 4.20. The van der Waals surface area contributed by atoms with E-state index in [1.165, 1.54) is 38.2 Å². The second-order valence-corrected chi connectivity index (χ2v) is 10.4. The molecule has 0 saturated carbocycles. The molecule has 2 rings (SSSR count). The van der Waals surface area contributed by atoms with Gasteiger partial charge in [0.1, 0.15) is 12.1 Å². The minimum absolute atomic E-state index is 0.152. The maximum Gasteiger partial charge on any atom is 0.348 e. The minimum Gasteiger partial charge on any atom is -0.457 e. The highest BCUT2D eigenvalue weighted by atomic mass is 19.2. The Labute approximate surface area is 251 Å². The van der Waals surface area contributed by atoms with E-state index in [1.54, 1.807) is 13.8 Å². The highest BCUT2D eigenvalue weighted by Crippen LogP contribution is 2.24. The fraction of sp³-hybridized carbons (Fsp3) is 0.467. The molecule has 1 heterocycles. The van der Waals surface area contributed by atoms with Gasteiger partial charge in [-0.25, -0.2) is 22.4 Å². The number of esters is 2. The lowest BCUT2D eigenvalue weighted by Crippen LogP contribution is -2.59. The van der Waals surface area contributed by atoms with E-state index >= 15 is 0 Å². The third-order valence-corrected chi connectivity index (χ3v) is 7.16. The molecule has 7 atom stereocenters. The van der Waals surface area contributed by atoms with E-state index in [4.69, 9.17) is 14.6 Å². The summed E-state index contributed by atoms with van der Waals surface area (Å²) in [6.45, 7) is 9.07. The molecule has 0 aliphatic carbocycles. The number of allylic oxidation sites excluding steroid dienone is 2. The molecule has 242 valence electrons. The van der Waals surface area contributed by atoms with Crippen molar-refractivity contribution in [3.63, 3.8) is 0 Å². The first-order valence-electron chi connectivity index (χ1n) is 13.8. The first-order chi connectivity index (χ1) is 20.6. The molecule has 1 fully saturated rings.